The van der Waals surface area contributed by atoms with Crippen LogP contribution in [0.4, 0.5) is 5.69 Å². The molecule has 1 aliphatic carbocycles. The number of likely N-dealkylation sites (N-methyl/N-ethyl adjacent to an activating group) is 1. The number of pyridine rings is 1. The number of benzene rings is 1. The predicted molar refractivity (Wildman–Crippen MR) is 104 cm³/mol. The molecule has 27 heavy (non-hydrogen) atoms. The first-order valence-corrected chi connectivity index (χ1v) is 9.47. The molecule has 0 atom stereocenters. The summed E-state index contributed by atoms with van der Waals surface area (Å²) in [5, 5.41) is 5.60. The topological polar surface area (TPSA) is 60.2 Å². The fraction of sp³-hybridized carbons (Fsp3) is 0.381. The second-order valence-electron chi connectivity index (χ2n) is 7.41. The summed E-state index contributed by atoms with van der Waals surface area (Å²) in [6.45, 7) is 5.11. The minimum absolute atomic E-state index is 0.0412. The van der Waals surface area contributed by atoms with Crippen molar-refractivity contribution in [3.8, 4) is 17.0 Å². The second-order valence-corrected chi connectivity index (χ2v) is 7.41. The first-order chi connectivity index (χ1) is 13.1. The van der Waals surface area contributed by atoms with Crippen LogP contribution in [0.1, 0.15) is 36.9 Å². The van der Waals surface area contributed by atoms with Gasteiger partial charge < -0.3 is 9.64 Å². The number of carbonyl (C=O) groups excluding carboxylic acids is 1. The van der Waals surface area contributed by atoms with E-state index < -0.39 is 0 Å². The van der Waals surface area contributed by atoms with E-state index in [0.29, 0.717) is 5.92 Å². The van der Waals surface area contributed by atoms with Crippen LogP contribution in [0.25, 0.3) is 22.2 Å². The van der Waals surface area contributed by atoms with Gasteiger partial charge in [-0.1, -0.05) is 0 Å². The van der Waals surface area contributed by atoms with E-state index in [9.17, 15) is 4.79 Å². The molecule has 3 heterocycles. The number of aryl methyl sites for hydroxylation is 1. The molecule has 0 saturated heterocycles. The molecule has 5 rings (SSSR count). The summed E-state index contributed by atoms with van der Waals surface area (Å²) in [6.07, 6.45) is 4.32. The number of carbonyl (C=O) groups is 1. The normalized spacial score (nSPS) is 16.6. The molecule has 1 amide bonds. The second kappa shape index (κ2) is 5.81. The number of fused-ring (bicyclic) bond motifs is 2. The average Bonchev–Trinajstić information content (AvgIpc) is 3.45. The number of nitrogens with zero attached hydrogens (tertiary/aromatic N) is 4. The molecule has 6 nitrogen and oxygen atoms in total. The van der Waals surface area contributed by atoms with Crippen LogP contribution < -0.4 is 9.64 Å². The third-order valence-electron chi connectivity index (χ3n) is 5.70. The van der Waals surface area contributed by atoms with Crippen molar-refractivity contribution in [3.05, 3.63) is 35.7 Å². The first-order valence-electron chi connectivity index (χ1n) is 9.47. The van der Waals surface area contributed by atoms with Gasteiger partial charge in [0.25, 0.3) is 5.91 Å². The van der Waals surface area contributed by atoms with Gasteiger partial charge in [0.2, 0.25) is 0 Å². The average molecular weight is 362 g/mol. The molecule has 0 bridgehead atoms. The molecule has 1 fully saturated rings. The van der Waals surface area contributed by atoms with Crippen LogP contribution in [0, 0.1) is 6.92 Å². The van der Waals surface area contributed by atoms with Crippen molar-refractivity contribution in [2.24, 2.45) is 0 Å². The van der Waals surface area contributed by atoms with E-state index in [1.54, 1.807) is 11.9 Å². The van der Waals surface area contributed by atoms with Crippen molar-refractivity contribution in [2.75, 3.05) is 18.6 Å². The summed E-state index contributed by atoms with van der Waals surface area (Å²) in [4.78, 5) is 18.6. The summed E-state index contributed by atoms with van der Waals surface area (Å²) >= 11 is 0. The van der Waals surface area contributed by atoms with E-state index >= 15 is 0 Å². The highest BCUT2D eigenvalue weighted by Gasteiger charge is 2.29. The molecule has 3 aromatic rings. The molecule has 0 radical (unpaired) electrons. The van der Waals surface area contributed by atoms with Gasteiger partial charge in [-0.05, 0) is 56.4 Å². The Balaban J connectivity index is 1.74. The molecular weight excluding hydrogens is 340 g/mol. The zero-order valence-electron chi connectivity index (χ0n) is 15.8. The number of amides is 1. The van der Waals surface area contributed by atoms with Crippen molar-refractivity contribution in [2.45, 2.75) is 39.2 Å². The Bertz CT molecular complexity index is 1080. The minimum atomic E-state index is -0.0412. The van der Waals surface area contributed by atoms with E-state index in [1.165, 1.54) is 18.4 Å². The Kier molecular flexibility index (Phi) is 3.50. The van der Waals surface area contributed by atoms with Crippen molar-refractivity contribution in [1.82, 2.24) is 14.8 Å². The van der Waals surface area contributed by atoms with Gasteiger partial charge in [-0.25, -0.2) is 4.98 Å². The highest BCUT2D eigenvalue weighted by atomic mass is 16.5. The predicted octanol–water partition coefficient (Wildman–Crippen LogP) is 3.66. The Labute approximate surface area is 157 Å². The fourth-order valence-corrected chi connectivity index (χ4v) is 3.90. The van der Waals surface area contributed by atoms with Gasteiger partial charge in [0.1, 0.15) is 5.75 Å². The molecule has 0 unspecified atom stereocenters. The lowest BCUT2D eigenvalue weighted by Crippen LogP contribution is -2.35. The number of anilines is 1. The van der Waals surface area contributed by atoms with E-state index in [4.69, 9.17) is 9.72 Å². The van der Waals surface area contributed by atoms with E-state index in [-0.39, 0.29) is 12.5 Å². The summed E-state index contributed by atoms with van der Waals surface area (Å²) in [6, 6.07) is 6.26. The summed E-state index contributed by atoms with van der Waals surface area (Å²) in [7, 11) is 1.79. The van der Waals surface area contributed by atoms with Crippen molar-refractivity contribution >= 4 is 22.5 Å². The summed E-state index contributed by atoms with van der Waals surface area (Å²) in [5.74, 6) is 1.30. The van der Waals surface area contributed by atoms with Gasteiger partial charge in [-0.2, -0.15) is 5.10 Å². The van der Waals surface area contributed by atoms with Crippen LogP contribution in [0.15, 0.2) is 24.4 Å². The SMILES string of the molecule is CCn1ncc(-c2cc(C3CC3)c3cc4c(cc3n2)N(C)C(=O)CO4)c1C. The van der Waals surface area contributed by atoms with Gasteiger partial charge in [0, 0.05) is 30.2 Å². The van der Waals surface area contributed by atoms with Gasteiger partial charge in [-0.15, -0.1) is 0 Å². The fourth-order valence-electron chi connectivity index (χ4n) is 3.90. The quantitative estimate of drug-likeness (QED) is 0.713. The Morgan fingerprint density at radius 2 is 2.07 bits per heavy atom. The molecular formula is C21H22N4O2. The van der Waals surface area contributed by atoms with Crippen LogP contribution >= 0.6 is 0 Å². The minimum Gasteiger partial charge on any atom is -0.482 e. The van der Waals surface area contributed by atoms with Crippen LogP contribution in [0.3, 0.4) is 0 Å². The maximum Gasteiger partial charge on any atom is 0.264 e. The van der Waals surface area contributed by atoms with Crippen LogP contribution in [0.5, 0.6) is 5.75 Å². The van der Waals surface area contributed by atoms with Gasteiger partial charge in [-0.3, -0.25) is 9.48 Å². The number of hydrogen-bond donors (Lipinski definition) is 0. The molecule has 2 aliphatic rings. The lowest BCUT2D eigenvalue weighted by molar-refractivity contribution is -0.120. The van der Waals surface area contributed by atoms with Gasteiger partial charge in [0.05, 0.1) is 23.1 Å². The number of aromatic nitrogens is 3. The smallest absolute Gasteiger partial charge is 0.264 e. The third-order valence-corrected chi connectivity index (χ3v) is 5.70. The van der Waals surface area contributed by atoms with E-state index in [1.807, 2.05) is 16.9 Å². The van der Waals surface area contributed by atoms with Crippen LogP contribution in [0.2, 0.25) is 0 Å². The zero-order valence-corrected chi connectivity index (χ0v) is 15.8. The molecule has 2 aromatic heterocycles. The Morgan fingerprint density at radius 1 is 1.26 bits per heavy atom. The lowest BCUT2D eigenvalue weighted by atomic mass is 10.00. The van der Waals surface area contributed by atoms with E-state index in [0.717, 1.165) is 45.8 Å². The van der Waals surface area contributed by atoms with Gasteiger partial charge >= 0.3 is 0 Å². The molecule has 6 heteroatoms. The van der Waals surface area contributed by atoms with Crippen LogP contribution in [-0.2, 0) is 11.3 Å². The highest BCUT2D eigenvalue weighted by Crippen LogP contribution is 2.46. The Morgan fingerprint density at radius 3 is 2.78 bits per heavy atom. The molecule has 1 saturated carbocycles. The zero-order chi connectivity index (χ0) is 18.7. The number of rotatable bonds is 3. The standard InChI is InChI=1S/C21H22N4O2/c1-4-25-12(2)16(10-22-25)17-7-14(13-5-6-13)15-8-20-19(9-18(15)23-17)24(3)21(26)11-27-20/h7-10,13H,4-6,11H2,1-3H3. The maximum absolute atomic E-state index is 12.0. The summed E-state index contributed by atoms with van der Waals surface area (Å²) in [5.41, 5.74) is 6.16. The third kappa shape index (κ3) is 2.51. The van der Waals surface area contributed by atoms with Crippen molar-refractivity contribution < 1.29 is 9.53 Å². The van der Waals surface area contributed by atoms with Gasteiger partial charge in [0.15, 0.2) is 6.61 Å². The molecule has 1 aliphatic heterocycles. The lowest BCUT2D eigenvalue weighted by Gasteiger charge is -2.26. The number of ether oxygens (including phenoxy) is 1. The monoisotopic (exact) mass is 362 g/mol. The van der Waals surface area contributed by atoms with Crippen molar-refractivity contribution in [1.29, 1.82) is 0 Å². The largest absolute Gasteiger partial charge is 0.482 e. The molecule has 1 aromatic carbocycles. The molecule has 0 spiro atoms. The van der Waals surface area contributed by atoms with Crippen LogP contribution in [-0.4, -0.2) is 34.3 Å². The van der Waals surface area contributed by atoms with E-state index in [2.05, 4.69) is 31.1 Å². The highest BCUT2D eigenvalue weighted by molar-refractivity contribution is 6.01. The molecule has 0 N–H and O–H groups in total. The number of hydrogen-bond acceptors (Lipinski definition) is 4. The first kappa shape index (κ1) is 16.3. The summed E-state index contributed by atoms with van der Waals surface area (Å²) < 4.78 is 7.68. The Hall–Kier alpha value is -2.89. The van der Waals surface area contributed by atoms with Crippen molar-refractivity contribution in [3.63, 3.8) is 0 Å². The molecule has 138 valence electrons. The maximum atomic E-state index is 12.0.